The number of nitrogens with zero attached hydrogens (tertiary/aromatic N) is 2. The molecule has 0 saturated heterocycles. The van der Waals surface area contributed by atoms with Crippen molar-refractivity contribution in [3.05, 3.63) is 42.0 Å². The summed E-state index contributed by atoms with van der Waals surface area (Å²) in [5.41, 5.74) is 7.67. The Morgan fingerprint density at radius 1 is 1.30 bits per heavy atom. The van der Waals surface area contributed by atoms with Gasteiger partial charge in [-0.2, -0.15) is 0 Å². The minimum atomic E-state index is 0.359. The van der Waals surface area contributed by atoms with Crippen LogP contribution in [0.1, 0.15) is 31.1 Å². The van der Waals surface area contributed by atoms with E-state index in [9.17, 15) is 0 Å². The zero-order valence-corrected chi connectivity index (χ0v) is 12.2. The highest BCUT2D eigenvalue weighted by Gasteiger charge is 2.09. The van der Waals surface area contributed by atoms with Crippen LogP contribution in [0.4, 0.5) is 0 Å². The van der Waals surface area contributed by atoms with Gasteiger partial charge in [0.05, 0.1) is 25.3 Å². The maximum absolute atomic E-state index is 5.84. The lowest BCUT2D eigenvalue weighted by Crippen LogP contribution is -2.07. The molecule has 1 aromatic heterocycles. The van der Waals surface area contributed by atoms with Gasteiger partial charge in [-0.3, -0.25) is 0 Å². The van der Waals surface area contributed by atoms with E-state index in [2.05, 4.69) is 23.4 Å². The molecule has 0 fully saturated rings. The fraction of sp³-hybridized carbons (Fsp3) is 0.400. The van der Waals surface area contributed by atoms with E-state index in [1.807, 2.05) is 30.7 Å². The number of methoxy groups -OCH3 is 1. The number of imidazole rings is 1. The Bertz CT molecular complexity index is 564. The van der Waals surface area contributed by atoms with Crippen LogP contribution in [-0.2, 0) is 13.2 Å². The molecule has 1 aromatic carbocycles. The number of benzene rings is 1. The van der Waals surface area contributed by atoms with Gasteiger partial charge in [0.15, 0.2) is 11.5 Å². The molecular weight excluding hydrogens is 254 g/mol. The number of nitrogens with two attached hydrogens (primary N) is 1. The van der Waals surface area contributed by atoms with Crippen molar-refractivity contribution in [2.75, 3.05) is 7.11 Å². The summed E-state index contributed by atoms with van der Waals surface area (Å²) in [6.45, 7) is 5.16. The molecule has 5 heteroatoms. The number of ether oxygens (including phenoxy) is 2. The predicted octanol–water partition coefficient (Wildman–Crippen LogP) is 2.51. The van der Waals surface area contributed by atoms with Crippen molar-refractivity contribution in [2.24, 2.45) is 5.73 Å². The summed E-state index contributed by atoms with van der Waals surface area (Å²) in [5, 5.41) is 0. The molecule has 2 aromatic rings. The van der Waals surface area contributed by atoms with Gasteiger partial charge in [-0.1, -0.05) is 6.07 Å². The Morgan fingerprint density at radius 3 is 2.75 bits per heavy atom. The normalized spacial score (nSPS) is 10.8. The van der Waals surface area contributed by atoms with Gasteiger partial charge in [0.1, 0.15) is 6.61 Å². The van der Waals surface area contributed by atoms with Gasteiger partial charge in [0, 0.05) is 12.6 Å². The summed E-state index contributed by atoms with van der Waals surface area (Å²) in [4.78, 5) is 4.16. The van der Waals surface area contributed by atoms with Crippen molar-refractivity contribution in [3.63, 3.8) is 0 Å². The standard InChI is InChI=1S/C15H21N3O2/c1-11(2)18-10-17-8-13(18)9-20-14-5-4-12(7-16)6-15(14)19-3/h4-6,8,10-11H,7,9,16H2,1-3H3. The van der Waals surface area contributed by atoms with Crippen molar-refractivity contribution >= 4 is 0 Å². The minimum absolute atomic E-state index is 0.359. The molecule has 1 heterocycles. The first-order valence-corrected chi connectivity index (χ1v) is 6.66. The molecule has 0 saturated carbocycles. The molecule has 0 atom stereocenters. The highest BCUT2D eigenvalue weighted by molar-refractivity contribution is 5.42. The average Bonchev–Trinajstić information content (AvgIpc) is 2.93. The van der Waals surface area contributed by atoms with E-state index in [0.717, 1.165) is 11.3 Å². The van der Waals surface area contributed by atoms with E-state index < -0.39 is 0 Å². The quantitative estimate of drug-likeness (QED) is 0.880. The molecule has 0 radical (unpaired) electrons. The molecule has 0 bridgehead atoms. The van der Waals surface area contributed by atoms with E-state index in [-0.39, 0.29) is 0 Å². The Morgan fingerprint density at radius 2 is 2.10 bits per heavy atom. The second-order valence-electron chi connectivity index (χ2n) is 4.86. The Labute approximate surface area is 119 Å². The lowest BCUT2D eigenvalue weighted by molar-refractivity contribution is 0.273. The summed E-state index contributed by atoms with van der Waals surface area (Å²) < 4.78 is 13.3. The van der Waals surface area contributed by atoms with Crippen molar-refractivity contribution < 1.29 is 9.47 Å². The monoisotopic (exact) mass is 275 g/mol. The molecule has 5 nitrogen and oxygen atoms in total. The third kappa shape index (κ3) is 3.11. The van der Waals surface area contributed by atoms with Crippen LogP contribution < -0.4 is 15.2 Å². The molecule has 0 spiro atoms. The Balaban J connectivity index is 2.12. The number of aromatic nitrogens is 2. The lowest BCUT2D eigenvalue weighted by atomic mass is 10.2. The molecule has 0 amide bonds. The van der Waals surface area contributed by atoms with Gasteiger partial charge in [0.2, 0.25) is 0 Å². The van der Waals surface area contributed by atoms with Crippen LogP contribution in [0.25, 0.3) is 0 Å². The Hall–Kier alpha value is -2.01. The second-order valence-corrected chi connectivity index (χ2v) is 4.86. The average molecular weight is 275 g/mol. The summed E-state index contributed by atoms with van der Waals surface area (Å²) in [5.74, 6) is 1.41. The largest absolute Gasteiger partial charge is 0.493 e. The molecule has 2 N–H and O–H groups in total. The van der Waals surface area contributed by atoms with Gasteiger partial charge in [-0.25, -0.2) is 4.98 Å². The van der Waals surface area contributed by atoms with Gasteiger partial charge >= 0.3 is 0 Å². The molecule has 0 unspecified atom stereocenters. The van der Waals surface area contributed by atoms with E-state index in [1.54, 1.807) is 7.11 Å². The van der Waals surface area contributed by atoms with Crippen LogP contribution in [0.5, 0.6) is 11.5 Å². The fourth-order valence-electron chi connectivity index (χ4n) is 2.02. The summed E-state index contributed by atoms with van der Waals surface area (Å²) >= 11 is 0. The molecule has 2 rings (SSSR count). The van der Waals surface area contributed by atoms with Crippen molar-refractivity contribution in [1.29, 1.82) is 0 Å². The minimum Gasteiger partial charge on any atom is -0.493 e. The highest BCUT2D eigenvalue weighted by atomic mass is 16.5. The van der Waals surface area contributed by atoms with Crippen LogP contribution in [0.3, 0.4) is 0 Å². The molecule has 108 valence electrons. The lowest BCUT2D eigenvalue weighted by Gasteiger charge is -2.14. The molecule has 0 aliphatic heterocycles. The van der Waals surface area contributed by atoms with E-state index in [0.29, 0.717) is 30.7 Å². The van der Waals surface area contributed by atoms with Crippen molar-refractivity contribution in [3.8, 4) is 11.5 Å². The number of hydrogen-bond donors (Lipinski definition) is 1. The van der Waals surface area contributed by atoms with Crippen LogP contribution in [0.2, 0.25) is 0 Å². The zero-order chi connectivity index (χ0) is 14.5. The Kier molecular flexibility index (Phi) is 4.63. The van der Waals surface area contributed by atoms with Crippen LogP contribution in [0, 0.1) is 0 Å². The van der Waals surface area contributed by atoms with Crippen LogP contribution in [-0.4, -0.2) is 16.7 Å². The van der Waals surface area contributed by atoms with E-state index >= 15 is 0 Å². The van der Waals surface area contributed by atoms with Gasteiger partial charge in [0.25, 0.3) is 0 Å². The third-order valence-corrected chi connectivity index (χ3v) is 3.14. The first-order valence-electron chi connectivity index (χ1n) is 6.66. The zero-order valence-electron chi connectivity index (χ0n) is 12.2. The highest BCUT2D eigenvalue weighted by Crippen LogP contribution is 2.28. The first kappa shape index (κ1) is 14.4. The van der Waals surface area contributed by atoms with Crippen LogP contribution >= 0.6 is 0 Å². The van der Waals surface area contributed by atoms with Crippen molar-refractivity contribution in [2.45, 2.75) is 33.0 Å². The predicted molar refractivity (Wildman–Crippen MR) is 77.8 cm³/mol. The smallest absolute Gasteiger partial charge is 0.161 e. The summed E-state index contributed by atoms with van der Waals surface area (Å²) in [7, 11) is 1.63. The number of hydrogen-bond acceptors (Lipinski definition) is 4. The summed E-state index contributed by atoms with van der Waals surface area (Å²) in [6.07, 6.45) is 3.64. The third-order valence-electron chi connectivity index (χ3n) is 3.14. The molecule has 0 aliphatic rings. The van der Waals surface area contributed by atoms with Crippen LogP contribution in [0.15, 0.2) is 30.7 Å². The molecule has 0 aliphatic carbocycles. The number of rotatable bonds is 6. The molecule has 20 heavy (non-hydrogen) atoms. The molecular formula is C15H21N3O2. The van der Waals surface area contributed by atoms with Crippen molar-refractivity contribution in [1.82, 2.24) is 9.55 Å². The SMILES string of the molecule is COc1cc(CN)ccc1OCc1cncn1C(C)C. The topological polar surface area (TPSA) is 62.3 Å². The maximum atomic E-state index is 5.84. The first-order chi connectivity index (χ1) is 9.65. The summed E-state index contributed by atoms with van der Waals surface area (Å²) in [6, 6.07) is 6.08. The van der Waals surface area contributed by atoms with Gasteiger partial charge in [-0.05, 0) is 31.5 Å². The second kappa shape index (κ2) is 6.43. The fourth-order valence-corrected chi connectivity index (χ4v) is 2.02. The van der Waals surface area contributed by atoms with E-state index in [1.165, 1.54) is 0 Å². The van der Waals surface area contributed by atoms with Gasteiger partial charge in [-0.15, -0.1) is 0 Å². The van der Waals surface area contributed by atoms with Gasteiger partial charge < -0.3 is 19.8 Å². The maximum Gasteiger partial charge on any atom is 0.161 e. The van der Waals surface area contributed by atoms with E-state index in [4.69, 9.17) is 15.2 Å².